The smallest absolute Gasteiger partial charge is 0.271 e. The Bertz CT molecular complexity index is 581. The van der Waals surface area contributed by atoms with Crippen molar-refractivity contribution >= 4 is 40.1 Å². The molecule has 2 rings (SSSR count). The van der Waals surface area contributed by atoms with Crippen LogP contribution in [-0.4, -0.2) is 36.8 Å². The highest BCUT2D eigenvalue weighted by Crippen LogP contribution is 2.10. The highest BCUT2D eigenvalue weighted by molar-refractivity contribution is 14.1. The molecule has 6 nitrogen and oxygen atoms in total. The molecule has 23 heavy (non-hydrogen) atoms. The van der Waals surface area contributed by atoms with Crippen molar-refractivity contribution in [2.24, 2.45) is 5.10 Å². The van der Waals surface area contributed by atoms with Crippen LogP contribution in [-0.2, 0) is 9.53 Å². The van der Waals surface area contributed by atoms with E-state index in [1.807, 2.05) is 12.1 Å². The summed E-state index contributed by atoms with van der Waals surface area (Å²) in [6.45, 7) is 3.01. The second-order valence-corrected chi connectivity index (χ2v) is 6.66. The Morgan fingerprint density at radius 3 is 2.74 bits per heavy atom. The van der Waals surface area contributed by atoms with E-state index in [0.29, 0.717) is 17.8 Å². The van der Waals surface area contributed by atoms with E-state index >= 15 is 0 Å². The standard InChI is InChI=1S/C16H20IN3O3/c1-11(9-15(21)18-10-14-3-2-8-23-14)19-20-16(22)12-4-6-13(17)7-5-12/h4-7,14H,2-3,8-10H2,1H3,(H,18,21)(H,20,22)/b19-11-/t14-/m0/s1. The van der Waals surface area contributed by atoms with Crippen LogP contribution in [0, 0.1) is 3.57 Å². The molecule has 2 amide bonds. The van der Waals surface area contributed by atoms with Gasteiger partial charge in [-0.3, -0.25) is 9.59 Å². The van der Waals surface area contributed by atoms with E-state index in [1.54, 1.807) is 19.1 Å². The molecule has 0 radical (unpaired) electrons. The first-order valence-corrected chi connectivity index (χ1v) is 8.60. The predicted octanol–water partition coefficient (Wildman–Crippen LogP) is 2.08. The summed E-state index contributed by atoms with van der Waals surface area (Å²) in [6.07, 6.45) is 2.31. The molecule has 124 valence electrons. The highest BCUT2D eigenvalue weighted by Gasteiger charge is 2.16. The average Bonchev–Trinajstić information content (AvgIpc) is 3.05. The molecule has 1 atom stereocenters. The maximum Gasteiger partial charge on any atom is 0.271 e. The van der Waals surface area contributed by atoms with Gasteiger partial charge in [-0.05, 0) is 66.6 Å². The number of amides is 2. The first kappa shape index (κ1) is 17.9. The number of hydrogen-bond donors (Lipinski definition) is 2. The van der Waals surface area contributed by atoms with Gasteiger partial charge in [-0.15, -0.1) is 0 Å². The van der Waals surface area contributed by atoms with E-state index in [0.717, 1.165) is 23.0 Å². The van der Waals surface area contributed by atoms with Crippen molar-refractivity contribution in [1.82, 2.24) is 10.7 Å². The Balaban J connectivity index is 1.74. The first-order chi connectivity index (χ1) is 11.0. The molecule has 0 bridgehead atoms. The first-order valence-electron chi connectivity index (χ1n) is 7.52. The molecule has 1 heterocycles. The lowest BCUT2D eigenvalue weighted by atomic mass is 10.2. The van der Waals surface area contributed by atoms with E-state index in [1.165, 1.54) is 0 Å². The van der Waals surface area contributed by atoms with Gasteiger partial charge >= 0.3 is 0 Å². The number of nitrogens with zero attached hydrogens (tertiary/aromatic N) is 1. The Morgan fingerprint density at radius 1 is 1.35 bits per heavy atom. The lowest BCUT2D eigenvalue weighted by Crippen LogP contribution is -2.33. The monoisotopic (exact) mass is 429 g/mol. The van der Waals surface area contributed by atoms with E-state index < -0.39 is 0 Å². The van der Waals surface area contributed by atoms with Gasteiger partial charge < -0.3 is 10.1 Å². The van der Waals surface area contributed by atoms with Gasteiger partial charge in [-0.2, -0.15) is 5.10 Å². The lowest BCUT2D eigenvalue weighted by Gasteiger charge is -2.10. The third-order valence-corrected chi connectivity index (χ3v) is 4.14. The van der Waals surface area contributed by atoms with Crippen LogP contribution in [0.2, 0.25) is 0 Å². The van der Waals surface area contributed by atoms with Crippen LogP contribution >= 0.6 is 22.6 Å². The fraction of sp³-hybridized carbons (Fsp3) is 0.438. The van der Waals surface area contributed by atoms with E-state index in [-0.39, 0.29) is 24.3 Å². The number of hydrogen-bond acceptors (Lipinski definition) is 4. The number of halogens is 1. The summed E-state index contributed by atoms with van der Waals surface area (Å²) in [6, 6.07) is 7.17. The number of carbonyl (C=O) groups is 2. The minimum atomic E-state index is -0.291. The van der Waals surface area contributed by atoms with Crippen molar-refractivity contribution in [1.29, 1.82) is 0 Å². The molecule has 7 heteroatoms. The van der Waals surface area contributed by atoms with Crippen LogP contribution in [0.5, 0.6) is 0 Å². The van der Waals surface area contributed by atoms with Gasteiger partial charge in [0, 0.05) is 28.0 Å². The van der Waals surface area contributed by atoms with Crippen molar-refractivity contribution in [3.63, 3.8) is 0 Å². The predicted molar refractivity (Wildman–Crippen MR) is 96.3 cm³/mol. The maximum absolute atomic E-state index is 11.9. The van der Waals surface area contributed by atoms with Crippen LogP contribution in [0.25, 0.3) is 0 Å². The number of carbonyl (C=O) groups excluding carboxylic acids is 2. The number of hydrazone groups is 1. The Kier molecular flexibility index (Phi) is 6.97. The third-order valence-electron chi connectivity index (χ3n) is 3.42. The highest BCUT2D eigenvalue weighted by atomic mass is 127. The van der Waals surface area contributed by atoms with Crippen LogP contribution in [0.4, 0.5) is 0 Å². The van der Waals surface area contributed by atoms with E-state index in [9.17, 15) is 9.59 Å². The Morgan fingerprint density at radius 2 is 2.09 bits per heavy atom. The SMILES string of the molecule is C/C(CC(=O)NC[C@@H]1CCCO1)=N/NC(=O)c1ccc(I)cc1. The molecule has 0 aliphatic carbocycles. The quantitative estimate of drug-likeness (QED) is 0.413. The van der Waals surface area contributed by atoms with Crippen LogP contribution in [0.1, 0.15) is 36.5 Å². The molecule has 1 aromatic carbocycles. The van der Waals surface area contributed by atoms with Crippen molar-refractivity contribution in [2.45, 2.75) is 32.3 Å². The zero-order valence-corrected chi connectivity index (χ0v) is 15.1. The van der Waals surface area contributed by atoms with Crippen molar-refractivity contribution in [2.75, 3.05) is 13.2 Å². The van der Waals surface area contributed by atoms with Crippen molar-refractivity contribution in [3.8, 4) is 0 Å². The topological polar surface area (TPSA) is 79.8 Å². The van der Waals surface area contributed by atoms with Crippen molar-refractivity contribution < 1.29 is 14.3 Å². The Labute approximate surface area is 149 Å². The van der Waals surface area contributed by atoms with Gasteiger partial charge in [0.15, 0.2) is 0 Å². The molecule has 0 aromatic heterocycles. The number of ether oxygens (including phenoxy) is 1. The molecule has 1 aromatic rings. The van der Waals surface area contributed by atoms with E-state index in [4.69, 9.17) is 4.74 Å². The van der Waals surface area contributed by atoms with Gasteiger partial charge in [-0.1, -0.05) is 0 Å². The van der Waals surface area contributed by atoms with E-state index in [2.05, 4.69) is 38.4 Å². The van der Waals surface area contributed by atoms with Gasteiger partial charge in [0.1, 0.15) is 0 Å². The number of rotatable bonds is 6. The fourth-order valence-corrected chi connectivity index (χ4v) is 2.54. The number of benzene rings is 1. The average molecular weight is 429 g/mol. The zero-order valence-electron chi connectivity index (χ0n) is 13.0. The summed E-state index contributed by atoms with van der Waals surface area (Å²) in [5, 5.41) is 6.79. The maximum atomic E-state index is 11.9. The molecule has 1 aliphatic rings. The van der Waals surface area contributed by atoms with Crippen LogP contribution < -0.4 is 10.7 Å². The molecule has 1 fully saturated rings. The third kappa shape index (κ3) is 6.26. The minimum Gasteiger partial charge on any atom is -0.376 e. The van der Waals surface area contributed by atoms with Gasteiger partial charge in [-0.25, -0.2) is 5.43 Å². The molecular weight excluding hydrogens is 409 g/mol. The minimum absolute atomic E-state index is 0.120. The zero-order chi connectivity index (χ0) is 16.7. The summed E-state index contributed by atoms with van der Waals surface area (Å²) >= 11 is 2.17. The summed E-state index contributed by atoms with van der Waals surface area (Å²) in [7, 11) is 0. The lowest BCUT2D eigenvalue weighted by molar-refractivity contribution is -0.120. The molecular formula is C16H20IN3O3. The Hall–Kier alpha value is -1.48. The number of nitrogens with one attached hydrogen (secondary N) is 2. The molecule has 1 aliphatic heterocycles. The molecule has 2 N–H and O–H groups in total. The second kappa shape index (κ2) is 8.97. The van der Waals surface area contributed by atoms with Gasteiger partial charge in [0.25, 0.3) is 5.91 Å². The summed E-state index contributed by atoms with van der Waals surface area (Å²) in [5.74, 6) is -0.411. The summed E-state index contributed by atoms with van der Waals surface area (Å²) in [5.41, 5.74) is 3.54. The second-order valence-electron chi connectivity index (χ2n) is 5.41. The molecule has 0 saturated carbocycles. The normalized spacial score (nSPS) is 17.8. The molecule has 0 spiro atoms. The van der Waals surface area contributed by atoms with Gasteiger partial charge in [0.2, 0.25) is 5.91 Å². The summed E-state index contributed by atoms with van der Waals surface area (Å²) < 4.78 is 6.50. The molecule has 1 saturated heterocycles. The largest absolute Gasteiger partial charge is 0.376 e. The van der Waals surface area contributed by atoms with Gasteiger partial charge in [0.05, 0.1) is 12.5 Å². The van der Waals surface area contributed by atoms with Crippen LogP contribution in [0.3, 0.4) is 0 Å². The van der Waals surface area contributed by atoms with Crippen LogP contribution in [0.15, 0.2) is 29.4 Å². The van der Waals surface area contributed by atoms with Crippen molar-refractivity contribution in [3.05, 3.63) is 33.4 Å². The fourth-order valence-electron chi connectivity index (χ4n) is 2.18. The molecule has 0 unspecified atom stereocenters. The summed E-state index contributed by atoms with van der Waals surface area (Å²) in [4.78, 5) is 23.7.